The second-order valence-electron chi connectivity index (χ2n) is 2.69. The molecule has 1 rings (SSSR count). The van der Waals surface area contributed by atoms with E-state index >= 15 is 0 Å². The van der Waals surface area contributed by atoms with Gasteiger partial charge in [0.05, 0.1) is 16.7 Å². The summed E-state index contributed by atoms with van der Waals surface area (Å²) in [5.41, 5.74) is 6.91. The molecule has 0 saturated heterocycles. The Labute approximate surface area is 79.9 Å². The van der Waals surface area contributed by atoms with Crippen LogP contribution in [0.15, 0.2) is 24.3 Å². The first-order valence-corrected chi connectivity index (χ1v) is 3.86. The van der Waals surface area contributed by atoms with Crippen molar-refractivity contribution in [1.82, 2.24) is 0 Å². The van der Waals surface area contributed by atoms with E-state index < -0.39 is 5.97 Å². The predicted octanol–water partition coefficient (Wildman–Crippen LogP) is -0.635. The van der Waals surface area contributed by atoms with Crippen molar-refractivity contribution in [2.75, 3.05) is 0 Å². The van der Waals surface area contributed by atoms with Gasteiger partial charge in [0.2, 0.25) is 0 Å². The molecule has 5 heteroatoms. The number of benzene rings is 1. The summed E-state index contributed by atoms with van der Waals surface area (Å²) in [6.07, 6.45) is 0.0200. The highest BCUT2D eigenvalue weighted by atomic mass is 16.4. The van der Waals surface area contributed by atoms with Gasteiger partial charge in [0, 0.05) is 0 Å². The highest BCUT2D eigenvalue weighted by Gasteiger charge is 2.13. The lowest BCUT2D eigenvalue weighted by atomic mass is 10.1. The Hall–Kier alpha value is -2.13. The van der Waals surface area contributed by atoms with Crippen molar-refractivity contribution in [3.63, 3.8) is 0 Å². The number of carboxylic acid groups (broad SMARTS) is 1. The van der Waals surface area contributed by atoms with Crippen molar-refractivity contribution in [2.24, 2.45) is 0 Å². The van der Waals surface area contributed by atoms with Crippen molar-refractivity contribution >= 4 is 11.7 Å². The molecule has 0 aliphatic rings. The van der Waals surface area contributed by atoms with Crippen LogP contribution in [-0.2, 0) is 11.2 Å². The average molecular weight is 192 g/mol. The normalized spacial score (nSPS) is 9.14. The van der Waals surface area contributed by atoms with Crippen LogP contribution in [0, 0.1) is 5.53 Å². The number of carbonyl (C=O) groups is 1. The van der Waals surface area contributed by atoms with Gasteiger partial charge >= 0.3 is 5.71 Å². The molecule has 1 aromatic carbocycles. The second kappa shape index (κ2) is 4.20. The van der Waals surface area contributed by atoms with Gasteiger partial charge in [-0.15, -0.1) is 0 Å². The quantitative estimate of drug-likeness (QED) is 0.378. The number of hydrogen-bond donors (Lipinski definition) is 2. The number of hydrogen-bond acceptors (Lipinski definition) is 4. The Balaban J connectivity index is 2.83. The number of nitrogens with zero attached hydrogens (tertiary/aromatic N) is 1. The minimum absolute atomic E-state index is 0.0200. The molecule has 1 aromatic rings. The molecule has 0 spiro atoms. The van der Waals surface area contributed by atoms with Crippen LogP contribution in [0.4, 0.5) is 0 Å². The van der Waals surface area contributed by atoms with Gasteiger partial charge in [0.25, 0.3) is 0 Å². The molecule has 5 nitrogen and oxygen atoms in total. The van der Waals surface area contributed by atoms with Gasteiger partial charge in [0.1, 0.15) is 5.75 Å². The van der Waals surface area contributed by atoms with Crippen LogP contribution in [0.1, 0.15) is 5.56 Å². The second-order valence-corrected chi connectivity index (χ2v) is 2.69. The highest BCUT2D eigenvalue weighted by molar-refractivity contribution is 6.32. The summed E-state index contributed by atoms with van der Waals surface area (Å²) in [4.78, 5) is 13.2. The Bertz CT molecular complexity index is 391. The SMILES string of the molecule is N=[N+]=C(Cc1ccc(O)cc1)C(=O)[O-]. The maximum atomic E-state index is 10.4. The monoisotopic (exact) mass is 192 g/mol. The third-order valence-corrected chi connectivity index (χ3v) is 1.68. The van der Waals surface area contributed by atoms with Crippen molar-refractivity contribution in [3.8, 4) is 5.75 Å². The van der Waals surface area contributed by atoms with Gasteiger partial charge in [0.15, 0.2) is 5.97 Å². The molecule has 0 radical (unpaired) electrons. The summed E-state index contributed by atoms with van der Waals surface area (Å²) >= 11 is 0. The van der Waals surface area contributed by atoms with Crippen LogP contribution in [0.3, 0.4) is 0 Å². The van der Waals surface area contributed by atoms with Gasteiger partial charge in [-0.3, -0.25) is 0 Å². The van der Waals surface area contributed by atoms with E-state index in [0.717, 1.165) is 0 Å². The van der Waals surface area contributed by atoms with Crippen molar-refractivity contribution in [1.29, 1.82) is 5.53 Å². The Morgan fingerprint density at radius 3 is 2.43 bits per heavy atom. The molecule has 0 aromatic heterocycles. The topological polar surface area (TPSA) is 98.3 Å². The van der Waals surface area contributed by atoms with Gasteiger partial charge < -0.3 is 15.0 Å². The lowest BCUT2D eigenvalue weighted by Crippen LogP contribution is -2.33. The molecule has 0 heterocycles. The summed E-state index contributed by atoms with van der Waals surface area (Å²) < 4.78 is 0. The fraction of sp³-hybridized carbons (Fsp3) is 0.111. The van der Waals surface area contributed by atoms with Crippen LogP contribution < -0.4 is 5.11 Å². The molecule has 0 amide bonds. The van der Waals surface area contributed by atoms with E-state index in [-0.39, 0.29) is 17.9 Å². The first-order chi connectivity index (χ1) is 6.63. The molecule has 0 atom stereocenters. The number of aliphatic carboxylic acids is 1. The molecule has 0 saturated carbocycles. The molecular formula is C9H8N2O3. The molecule has 0 bridgehead atoms. The highest BCUT2D eigenvalue weighted by Crippen LogP contribution is 2.09. The largest absolute Gasteiger partial charge is 0.539 e. The maximum absolute atomic E-state index is 10.4. The molecule has 72 valence electrons. The number of rotatable bonds is 3. The zero-order chi connectivity index (χ0) is 10.6. The van der Waals surface area contributed by atoms with Crippen LogP contribution in [-0.4, -0.2) is 21.6 Å². The molecule has 14 heavy (non-hydrogen) atoms. The van der Waals surface area contributed by atoms with Gasteiger partial charge in [-0.1, -0.05) is 12.1 Å². The van der Waals surface area contributed by atoms with E-state index in [9.17, 15) is 9.90 Å². The van der Waals surface area contributed by atoms with Crippen molar-refractivity contribution in [2.45, 2.75) is 6.42 Å². The van der Waals surface area contributed by atoms with E-state index in [2.05, 4.69) is 4.79 Å². The summed E-state index contributed by atoms with van der Waals surface area (Å²) in [5.74, 6) is -1.35. The Morgan fingerprint density at radius 2 is 2.00 bits per heavy atom. The third-order valence-electron chi connectivity index (χ3n) is 1.68. The molecule has 0 aliphatic carbocycles. The predicted molar refractivity (Wildman–Crippen MR) is 44.8 cm³/mol. The van der Waals surface area contributed by atoms with Crippen LogP contribution in [0.5, 0.6) is 5.75 Å². The zero-order valence-electron chi connectivity index (χ0n) is 7.23. The lowest BCUT2D eigenvalue weighted by molar-refractivity contribution is -0.299. The fourth-order valence-corrected chi connectivity index (χ4v) is 0.964. The molecule has 0 unspecified atom stereocenters. The van der Waals surface area contributed by atoms with E-state index in [1.807, 2.05) is 0 Å². The van der Waals surface area contributed by atoms with Gasteiger partial charge in [-0.25, -0.2) is 0 Å². The molecular weight excluding hydrogens is 184 g/mol. The summed E-state index contributed by atoms with van der Waals surface area (Å²) in [6.45, 7) is 0. The number of phenols is 1. The summed E-state index contributed by atoms with van der Waals surface area (Å²) in [6, 6.07) is 5.99. The molecule has 2 N–H and O–H groups in total. The number of phenolic OH excluding ortho intramolecular Hbond substituents is 1. The number of aromatic hydroxyl groups is 1. The van der Waals surface area contributed by atoms with Crippen LogP contribution >= 0.6 is 0 Å². The number of nitrogens with one attached hydrogen (secondary N) is 1. The summed E-state index contributed by atoms with van der Waals surface area (Å²) in [7, 11) is 0. The van der Waals surface area contributed by atoms with Crippen LogP contribution in [0.25, 0.3) is 0 Å². The lowest BCUT2D eigenvalue weighted by Gasteiger charge is -1.97. The van der Waals surface area contributed by atoms with Crippen LogP contribution in [0.2, 0.25) is 0 Å². The zero-order valence-corrected chi connectivity index (χ0v) is 7.23. The van der Waals surface area contributed by atoms with Gasteiger partial charge in [-0.05, 0) is 17.7 Å². The fourth-order valence-electron chi connectivity index (χ4n) is 0.964. The van der Waals surface area contributed by atoms with Crippen molar-refractivity contribution < 1.29 is 19.8 Å². The molecule has 0 fully saturated rings. The van der Waals surface area contributed by atoms with E-state index in [1.165, 1.54) is 12.1 Å². The summed E-state index contributed by atoms with van der Waals surface area (Å²) in [5, 5.41) is 19.4. The Morgan fingerprint density at radius 1 is 1.43 bits per heavy atom. The number of carboxylic acids is 1. The van der Waals surface area contributed by atoms with E-state index in [0.29, 0.717) is 5.56 Å². The smallest absolute Gasteiger partial charge is 0.368 e. The Kier molecular flexibility index (Phi) is 2.99. The van der Waals surface area contributed by atoms with E-state index in [4.69, 9.17) is 10.6 Å². The first kappa shape index (κ1) is 9.95. The van der Waals surface area contributed by atoms with Gasteiger partial charge in [-0.2, -0.15) is 0 Å². The third kappa shape index (κ3) is 2.43. The first-order valence-electron chi connectivity index (χ1n) is 3.86. The standard InChI is InChI=1S/C9H8N2O3/c10-11-8(9(13)14)5-6-1-3-7(12)4-2-6/h1-4,10H,5H2,(H-,12,13,14). The minimum Gasteiger partial charge on any atom is -0.539 e. The number of carbonyl (C=O) groups excluding carboxylic acids is 1. The minimum atomic E-state index is -1.45. The van der Waals surface area contributed by atoms with E-state index in [1.54, 1.807) is 12.1 Å². The average Bonchev–Trinajstić information content (AvgIpc) is 2.16. The maximum Gasteiger partial charge on any atom is 0.368 e. The molecule has 0 aliphatic heterocycles. The van der Waals surface area contributed by atoms with Crippen molar-refractivity contribution in [3.05, 3.63) is 29.8 Å².